The van der Waals surface area contributed by atoms with Gasteiger partial charge in [0.25, 0.3) is 0 Å². The van der Waals surface area contributed by atoms with Crippen molar-refractivity contribution in [1.82, 2.24) is 0 Å². The largest absolute Gasteiger partial charge is 0.309 e. The topological polar surface area (TPSA) is 34.1 Å². The van der Waals surface area contributed by atoms with E-state index in [-0.39, 0.29) is 0 Å². The molecule has 0 saturated carbocycles. The van der Waals surface area contributed by atoms with Crippen LogP contribution >= 0.6 is 14.3 Å². The number of hydrogen-bond acceptors (Lipinski definition) is 2. The summed E-state index contributed by atoms with van der Waals surface area (Å²) in [7, 11) is -7.04. The highest BCUT2D eigenvalue weighted by Crippen LogP contribution is 2.51. The lowest BCUT2D eigenvalue weighted by molar-refractivity contribution is 0.591. The van der Waals surface area contributed by atoms with E-state index < -0.39 is 14.3 Å². The van der Waals surface area contributed by atoms with E-state index in [2.05, 4.69) is 76.2 Å². The quantitative estimate of drug-likeness (QED) is 0.154. The minimum atomic E-state index is -3.52. The van der Waals surface area contributed by atoms with Crippen LogP contribution < -0.4 is 31.8 Å². The van der Waals surface area contributed by atoms with E-state index in [0.717, 1.165) is 86.8 Å². The second kappa shape index (κ2) is 13.4. The third kappa shape index (κ3) is 5.68. The maximum absolute atomic E-state index is 16.5. The SMILES string of the molecule is Cc1ccc(P(=O)(c2ccc(C)cc2)c2ccc3ccccc3c2-c2c(P(=O)(c3ccc(C)cc3)c3ccc(C)cc3)ccc3ccccc23)cc1. The van der Waals surface area contributed by atoms with Crippen LogP contribution in [-0.2, 0) is 9.13 Å². The fourth-order valence-electron chi connectivity index (χ4n) is 7.44. The first-order valence-electron chi connectivity index (χ1n) is 17.7. The van der Waals surface area contributed by atoms with Gasteiger partial charge in [-0.2, -0.15) is 0 Å². The van der Waals surface area contributed by atoms with E-state index in [1.165, 1.54) is 0 Å². The van der Waals surface area contributed by atoms with Crippen LogP contribution in [0.3, 0.4) is 0 Å². The molecule has 0 atom stereocenters. The molecule has 0 unspecified atom stereocenters. The molecule has 0 fully saturated rings. The van der Waals surface area contributed by atoms with Crippen molar-refractivity contribution in [2.75, 3.05) is 0 Å². The molecular weight excluding hydrogens is 670 g/mol. The fourth-order valence-corrected chi connectivity index (χ4v) is 13.1. The molecule has 0 aromatic heterocycles. The molecule has 0 bridgehead atoms. The minimum absolute atomic E-state index is 0.732. The first kappa shape index (κ1) is 33.9. The monoisotopic (exact) mass is 710 g/mol. The summed E-state index contributed by atoms with van der Waals surface area (Å²) in [5.41, 5.74) is 6.12. The smallest absolute Gasteiger partial charge is 0.171 e. The second-order valence-electron chi connectivity index (χ2n) is 13.9. The Morgan fingerprint density at radius 1 is 0.308 bits per heavy atom. The normalized spacial score (nSPS) is 12.0. The van der Waals surface area contributed by atoms with Gasteiger partial charge in [-0.3, -0.25) is 0 Å². The van der Waals surface area contributed by atoms with Gasteiger partial charge in [-0.05, 0) is 61.4 Å². The summed E-state index contributed by atoms with van der Waals surface area (Å²) in [5, 5.41) is 8.52. The van der Waals surface area contributed by atoms with Gasteiger partial charge in [0.2, 0.25) is 0 Å². The molecule has 0 heterocycles. The van der Waals surface area contributed by atoms with E-state index in [9.17, 15) is 0 Å². The Morgan fingerprint density at radius 2 is 0.577 bits per heavy atom. The van der Waals surface area contributed by atoms with E-state index >= 15 is 9.13 Å². The average Bonchev–Trinajstić information content (AvgIpc) is 3.17. The summed E-state index contributed by atoms with van der Waals surface area (Å²) in [6.07, 6.45) is 0. The molecule has 2 nitrogen and oxygen atoms in total. The number of fused-ring (bicyclic) bond motifs is 2. The van der Waals surface area contributed by atoms with Gasteiger partial charge in [0.1, 0.15) is 0 Å². The Labute approximate surface area is 306 Å². The van der Waals surface area contributed by atoms with E-state index in [4.69, 9.17) is 0 Å². The minimum Gasteiger partial charge on any atom is -0.309 e. The zero-order valence-corrected chi connectivity index (χ0v) is 31.7. The number of aryl methyl sites for hydroxylation is 4. The van der Waals surface area contributed by atoms with Crippen molar-refractivity contribution >= 4 is 67.7 Å². The molecule has 0 aliphatic heterocycles. The van der Waals surface area contributed by atoms with Crippen molar-refractivity contribution in [1.29, 1.82) is 0 Å². The lowest BCUT2D eigenvalue weighted by Gasteiger charge is -2.28. The maximum atomic E-state index is 16.5. The maximum Gasteiger partial charge on any atom is 0.171 e. The van der Waals surface area contributed by atoms with E-state index in [1.807, 2.05) is 121 Å². The molecule has 4 heteroatoms. The molecule has 0 radical (unpaired) electrons. The second-order valence-corrected chi connectivity index (χ2v) is 19.4. The van der Waals surface area contributed by atoms with Gasteiger partial charge >= 0.3 is 0 Å². The summed E-state index contributed by atoms with van der Waals surface area (Å²) < 4.78 is 33.0. The molecule has 0 aliphatic carbocycles. The lowest BCUT2D eigenvalue weighted by Crippen LogP contribution is -2.30. The summed E-state index contributed by atoms with van der Waals surface area (Å²) in [6.45, 7) is 8.21. The van der Waals surface area contributed by atoms with Crippen molar-refractivity contribution < 1.29 is 9.13 Å². The van der Waals surface area contributed by atoms with Crippen LogP contribution in [0.4, 0.5) is 0 Å². The highest BCUT2D eigenvalue weighted by Gasteiger charge is 2.38. The standard InChI is InChI=1S/C48H40O2P2/c1-33-13-23-39(24-14-33)51(49,40-25-15-34(2)16-26-40)45-31-21-37-9-5-7-11-43(37)47(45)48-44-12-8-6-10-38(44)22-32-46(48)52(50,41-27-17-35(3)18-28-41)42-29-19-36(4)20-30-42/h5-32H,1-4H3. The van der Waals surface area contributed by atoms with Crippen LogP contribution in [0.5, 0.6) is 0 Å². The highest BCUT2D eigenvalue weighted by atomic mass is 31.2. The predicted octanol–water partition coefficient (Wildman–Crippen LogP) is 10.2. The summed E-state index contributed by atoms with van der Waals surface area (Å²) in [5.74, 6) is 0. The van der Waals surface area contributed by atoms with Crippen LogP contribution in [0.2, 0.25) is 0 Å². The van der Waals surface area contributed by atoms with Crippen LogP contribution in [0, 0.1) is 27.7 Å². The zero-order chi connectivity index (χ0) is 36.0. The Hall–Kier alpha value is -5.26. The van der Waals surface area contributed by atoms with Gasteiger partial charge in [-0.1, -0.05) is 180 Å². The van der Waals surface area contributed by atoms with E-state index in [1.54, 1.807) is 0 Å². The molecule has 8 aromatic rings. The molecule has 0 saturated heterocycles. The number of benzene rings is 8. The Balaban J connectivity index is 1.58. The predicted molar refractivity (Wildman–Crippen MR) is 225 cm³/mol. The summed E-state index contributed by atoms with van der Waals surface area (Å²) >= 11 is 0. The molecule has 0 N–H and O–H groups in total. The van der Waals surface area contributed by atoms with Crippen molar-refractivity contribution in [2.24, 2.45) is 0 Å². The third-order valence-corrected chi connectivity index (χ3v) is 16.5. The van der Waals surface area contributed by atoms with Gasteiger partial charge < -0.3 is 9.13 Å². The van der Waals surface area contributed by atoms with Crippen molar-refractivity contribution in [2.45, 2.75) is 27.7 Å². The molecule has 52 heavy (non-hydrogen) atoms. The Morgan fingerprint density at radius 3 is 0.865 bits per heavy atom. The zero-order valence-electron chi connectivity index (χ0n) is 29.9. The van der Waals surface area contributed by atoms with Gasteiger partial charge in [0.15, 0.2) is 14.3 Å². The van der Waals surface area contributed by atoms with Crippen molar-refractivity contribution in [3.8, 4) is 11.1 Å². The average molecular weight is 711 g/mol. The molecule has 0 amide bonds. The Bertz CT molecular complexity index is 2400. The molecule has 8 aromatic carbocycles. The summed E-state index contributed by atoms with van der Waals surface area (Å²) in [6, 6.07) is 57.4. The molecule has 8 rings (SSSR count). The highest BCUT2D eigenvalue weighted by molar-refractivity contribution is 7.86. The summed E-state index contributed by atoms with van der Waals surface area (Å²) in [4.78, 5) is 0. The lowest BCUT2D eigenvalue weighted by atomic mass is 9.93. The fraction of sp³-hybridized carbons (Fsp3) is 0.0833. The third-order valence-electron chi connectivity index (χ3n) is 10.3. The van der Waals surface area contributed by atoms with Crippen LogP contribution in [0.1, 0.15) is 22.3 Å². The van der Waals surface area contributed by atoms with Crippen molar-refractivity contribution in [3.63, 3.8) is 0 Å². The Kier molecular flexibility index (Phi) is 8.71. The van der Waals surface area contributed by atoms with Crippen LogP contribution in [0.15, 0.2) is 170 Å². The molecule has 254 valence electrons. The van der Waals surface area contributed by atoms with Gasteiger partial charge in [-0.15, -0.1) is 0 Å². The van der Waals surface area contributed by atoms with Gasteiger partial charge in [-0.25, -0.2) is 0 Å². The van der Waals surface area contributed by atoms with Crippen LogP contribution in [0.25, 0.3) is 32.7 Å². The molecule has 0 aliphatic rings. The first-order valence-corrected chi connectivity index (χ1v) is 21.1. The number of hydrogen-bond donors (Lipinski definition) is 0. The van der Waals surface area contributed by atoms with Crippen molar-refractivity contribution in [3.05, 3.63) is 192 Å². The first-order chi connectivity index (χ1) is 25.2. The van der Waals surface area contributed by atoms with Gasteiger partial charge in [0.05, 0.1) is 0 Å². The van der Waals surface area contributed by atoms with E-state index in [0.29, 0.717) is 0 Å². The number of rotatable bonds is 7. The van der Waals surface area contributed by atoms with Crippen LogP contribution in [-0.4, -0.2) is 0 Å². The molecular formula is C48H40O2P2. The molecule has 0 spiro atoms. The van der Waals surface area contributed by atoms with Gasteiger partial charge in [0, 0.05) is 43.0 Å².